The largest absolute Gasteiger partial charge is 0.310 e. The first-order chi connectivity index (χ1) is 8.09. The number of hydrogen-bond donors (Lipinski definition) is 1. The molecule has 3 saturated carbocycles. The summed E-state index contributed by atoms with van der Waals surface area (Å²) in [5.74, 6) is 2.75. The van der Waals surface area contributed by atoms with Gasteiger partial charge in [-0.1, -0.05) is 20.8 Å². The molecule has 0 radical (unpaired) electrons. The fourth-order valence-electron chi connectivity index (χ4n) is 4.06. The van der Waals surface area contributed by atoms with Crippen LogP contribution in [-0.4, -0.2) is 6.04 Å². The highest BCUT2D eigenvalue weighted by Gasteiger charge is 2.55. The highest BCUT2D eigenvalue weighted by Crippen LogP contribution is 2.61. The Balaban J connectivity index is 1.60. The molecule has 94 valence electrons. The van der Waals surface area contributed by atoms with Gasteiger partial charge in [-0.25, -0.2) is 0 Å². The molecular weight excluding hydrogens is 226 g/mol. The fraction of sp³-hybridized carbons (Fsp3) is 0.733. The quantitative estimate of drug-likeness (QED) is 0.856. The van der Waals surface area contributed by atoms with E-state index in [9.17, 15) is 0 Å². The molecule has 1 nitrogen and oxygen atoms in total. The van der Waals surface area contributed by atoms with E-state index in [-0.39, 0.29) is 0 Å². The first-order valence-corrected chi connectivity index (χ1v) is 7.78. The van der Waals surface area contributed by atoms with Crippen molar-refractivity contribution >= 4 is 11.3 Å². The lowest BCUT2D eigenvalue weighted by Gasteiger charge is -2.62. The van der Waals surface area contributed by atoms with Gasteiger partial charge in [0.05, 0.1) is 0 Å². The number of thiophene rings is 1. The average molecular weight is 249 g/mol. The Bertz CT molecular complexity index is 382. The minimum Gasteiger partial charge on any atom is -0.310 e. The zero-order valence-electron chi connectivity index (χ0n) is 11.1. The van der Waals surface area contributed by atoms with Crippen LogP contribution in [-0.2, 0) is 6.54 Å². The molecule has 0 saturated heterocycles. The van der Waals surface area contributed by atoms with Gasteiger partial charge in [-0.3, -0.25) is 0 Å². The Morgan fingerprint density at radius 3 is 2.82 bits per heavy atom. The molecule has 4 atom stereocenters. The summed E-state index contributed by atoms with van der Waals surface area (Å²) < 4.78 is 0. The first kappa shape index (κ1) is 11.7. The molecule has 2 bridgehead atoms. The lowest BCUT2D eigenvalue weighted by Crippen LogP contribution is -2.59. The van der Waals surface area contributed by atoms with Gasteiger partial charge >= 0.3 is 0 Å². The minimum absolute atomic E-state index is 0.611. The topological polar surface area (TPSA) is 12.0 Å². The van der Waals surface area contributed by atoms with Crippen LogP contribution in [0, 0.1) is 23.2 Å². The van der Waals surface area contributed by atoms with Crippen molar-refractivity contribution in [2.24, 2.45) is 23.2 Å². The highest BCUT2D eigenvalue weighted by molar-refractivity contribution is 7.07. The maximum atomic E-state index is 3.78. The standard InChI is InChI=1S/C15H23NS/c1-10-13-6-12(15(13,2)3)7-14(10)16-8-11-4-5-17-9-11/h4-5,9-10,12-14,16H,6-8H2,1-3H3/t10-,12+,13-,14-/m1/s1. The molecule has 0 amide bonds. The molecule has 1 N–H and O–H groups in total. The summed E-state index contributed by atoms with van der Waals surface area (Å²) in [6, 6.07) is 2.97. The first-order valence-electron chi connectivity index (χ1n) is 6.83. The summed E-state index contributed by atoms with van der Waals surface area (Å²) in [6.07, 6.45) is 2.86. The van der Waals surface area contributed by atoms with Crippen molar-refractivity contribution in [3.05, 3.63) is 22.4 Å². The predicted molar refractivity (Wildman–Crippen MR) is 74.1 cm³/mol. The van der Waals surface area contributed by atoms with Gasteiger partial charge in [-0.2, -0.15) is 11.3 Å². The zero-order chi connectivity index (χ0) is 12.0. The molecule has 0 unspecified atom stereocenters. The molecule has 17 heavy (non-hydrogen) atoms. The van der Waals surface area contributed by atoms with E-state index in [2.05, 4.69) is 42.9 Å². The van der Waals surface area contributed by atoms with Gasteiger partial charge in [0.25, 0.3) is 0 Å². The van der Waals surface area contributed by atoms with Crippen LogP contribution in [0.2, 0.25) is 0 Å². The van der Waals surface area contributed by atoms with E-state index in [4.69, 9.17) is 0 Å². The van der Waals surface area contributed by atoms with E-state index in [1.54, 1.807) is 11.3 Å². The molecular formula is C15H23NS. The van der Waals surface area contributed by atoms with E-state index >= 15 is 0 Å². The maximum Gasteiger partial charge on any atom is 0.0216 e. The molecule has 2 heteroatoms. The van der Waals surface area contributed by atoms with Crippen LogP contribution in [0.25, 0.3) is 0 Å². The van der Waals surface area contributed by atoms with Crippen LogP contribution >= 0.6 is 11.3 Å². The Morgan fingerprint density at radius 2 is 2.24 bits per heavy atom. The second-order valence-corrected chi connectivity index (χ2v) is 7.35. The van der Waals surface area contributed by atoms with Crippen LogP contribution < -0.4 is 5.32 Å². The molecule has 0 aromatic carbocycles. The van der Waals surface area contributed by atoms with E-state index in [0.717, 1.165) is 30.3 Å². The minimum atomic E-state index is 0.611. The van der Waals surface area contributed by atoms with Gasteiger partial charge in [0.15, 0.2) is 0 Å². The molecule has 1 aromatic rings. The molecule has 1 aromatic heterocycles. The average Bonchev–Trinajstić information content (AvgIpc) is 2.79. The van der Waals surface area contributed by atoms with Crippen molar-refractivity contribution in [2.45, 2.75) is 46.2 Å². The van der Waals surface area contributed by atoms with Crippen molar-refractivity contribution in [3.8, 4) is 0 Å². The molecule has 0 aliphatic heterocycles. The van der Waals surface area contributed by atoms with Crippen molar-refractivity contribution in [1.82, 2.24) is 5.32 Å². The Morgan fingerprint density at radius 1 is 1.41 bits per heavy atom. The van der Waals surface area contributed by atoms with E-state index < -0.39 is 0 Å². The smallest absolute Gasteiger partial charge is 0.0216 e. The predicted octanol–water partition coefficient (Wildman–Crippen LogP) is 3.91. The van der Waals surface area contributed by atoms with E-state index in [1.807, 2.05) is 0 Å². The summed E-state index contributed by atoms with van der Waals surface area (Å²) in [5.41, 5.74) is 2.06. The normalized spacial score (nSPS) is 38.8. The lowest BCUT2D eigenvalue weighted by molar-refractivity contribution is -0.115. The molecule has 3 fully saturated rings. The van der Waals surface area contributed by atoms with Gasteiger partial charge in [-0.05, 0) is 58.4 Å². The van der Waals surface area contributed by atoms with Crippen molar-refractivity contribution < 1.29 is 0 Å². The van der Waals surface area contributed by atoms with Crippen molar-refractivity contribution in [2.75, 3.05) is 0 Å². The van der Waals surface area contributed by atoms with Crippen LogP contribution in [0.1, 0.15) is 39.2 Å². The summed E-state index contributed by atoms with van der Waals surface area (Å²) in [4.78, 5) is 0. The second kappa shape index (κ2) is 4.10. The molecule has 4 rings (SSSR count). The maximum absolute atomic E-state index is 3.78. The lowest BCUT2D eigenvalue weighted by atomic mass is 9.45. The monoisotopic (exact) mass is 249 g/mol. The third kappa shape index (κ3) is 1.86. The van der Waals surface area contributed by atoms with Gasteiger partial charge in [-0.15, -0.1) is 0 Å². The van der Waals surface area contributed by atoms with Crippen LogP contribution in [0.3, 0.4) is 0 Å². The highest BCUT2D eigenvalue weighted by atomic mass is 32.1. The van der Waals surface area contributed by atoms with Gasteiger partial charge in [0.1, 0.15) is 0 Å². The summed E-state index contributed by atoms with van der Waals surface area (Å²) in [6.45, 7) is 8.44. The zero-order valence-corrected chi connectivity index (χ0v) is 11.9. The van der Waals surface area contributed by atoms with Gasteiger partial charge in [0.2, 0.25) is 0 Å². The van der Waals surface area contributed by atoms with Crippen molar-refractivity contribution in [1.29, 1.82) is 0 Å². The van der Waals surface area contributed by atoms with Crippen molar-refractivity contribution in [3.63, 3.8) is 0 Å². The van der Waals surface area contributed by atoms with Gasteiger partial charge < -0.3 is 5.32 Å². The number of hydrogen-bond acceptors (Lipinski definition) is 2. The van der Waals surface area contributed by atoms with Gasteiger partial charge in [0, 0.05) is 12.6 Å². The van der Waals surface area contributed by atoms with E-state index in [0.29, 0.717) is 5.41 Å². The number of fused-ring (bicyclic) bond motifs is 2. The summed E-state index contributed by atoms with van der Waals surface area (Å²) in [5, 5.41) is 8.20. The third-order valence-corrected chi connectivity index (χ3v) is 6.23. The van der Waals surface area contributed by atoms with E-state index in [1.165, 1.54) is 18.4 Å². The molecule has 1 heterocycles. The SMILES string of the molecule is C[C@@H]1[C@H]2C[C@@H](C[C@H]1NCc1ccsc1)C2(C)C. The Labute approximate surface area is 109 Å². The van der Waals surface area contributed by atoms with Crippen LogP contribution in [0.4, 0.5) is 0 Å². The Kier molecular flexibility index (Phi) is 2.83. The molecule has 3 aliphatic rings. The fourth-order valence-corrected chi connectivity index (χ4v) is 4.73. The third-order valence-electron chi connectivity index (χ3n) is 5.50. The molecule has 3 aliphatic carbocycles. The second-order valence-electron chi connectivity index (χ2n) is 6.57. The van der Waals surface area contributed by atoms with Crippen LogP contribution in [0.5, 0.6) is 0 Å². The summed E-state index contributed by atoms with van der Waals surface area (Å²) in [7, 11) is 0. The summed E-state index contributed by atoms with van der Waals surface area (Å²) >= 11 is 1.80. The van der Waals surface area contributed by atoms with Crippen LogP contribution in [0.15, 0.2) is 16.8 Å². The number of nitrogens with one attached hydrogen (secondary N) is 1. The Hall–Kier alpha value is -0.340. The molecule has 0 spiro atoms. The number of rotatable bonds is 3.